The van der Waals surface area contributed by atoms with Crippen molar-refractivity contribution in [1.82, 2.24) is 5.32 Å². The van der Waals surface area contributed by atoms with Gasteiger partial charge < -0.3 is 5.32 Å². The molecule has 1 N–H and O–H groups in total. The molecule has 2 atom stereocenters. The molecule has 2 bridgehead atoms. The van der Waals surface area contributed by atoms with Gasteiger partial charge in [0.2, 0.25) is 0 Å². The zero-order valence-electron chi connectivity index (χ0n) is 12.4. The van der Waals surface area contributed by atoms with E-state index in [1.807, 2.05) is 11.3 Å². The Morgan fingerprint density at radius 2 is 2.10 bits per heavy atom. The van der Waals surface area contributed by atoms with Crippen molar-refractivity contribution in [2.45, 2.75) is 25.7 Å². The van der Waals surface area contributed by atoms with Gasteiger partial charge >= 0.3 is 0 Å². The highest BCUT2D eigenvalue weighted by atomic mass is 35.5. The molecule has 4 rings (SSSR count). The lowest BCUT2D eigenvalue weighted by atomic mass is 9.82. The molecule has 1 fully saturated rings. The third kappa shape index (κ3) is 2.65. The second-order valence-corrected chi connectivity index (χ2v) is 7.36. The molecular formula is C18H22ClNS. The number of halogens is 1. The number of fused-ring (bicyclic) bond motifs is 3. The number of allylic oxidation sites excluding steroid dienone is 1. The summed E-state index contributed by atoms with van der Waals surface area (Å²) < 4.78 is 1.43. The molecule has 21 heavy (non-hydrogen) atoms. The van der Waals surface area contributed by atoms with E-state index < -0.39 is 0 Å². The number of thiophene rings is 1. The largest absolute Gasteiger partial charge is 0.316 e. The molecule has 2 unspecified atom stereocenters. The highest BCUT2D eigenvalue weighted by molar-refractivity contribution is 7.20. The molecule has 0 saturated heterocycles. The Bertz CT molecular complexity index is 640. The fourth-order valence-corrected chi connectivity index (χ4v) is 5.38. The first-order valence-corrected chi connectivity index (χ1v) is 8.52. The van der Waals surface area contributed by atoms with Gasteiger partial charge in [-0.1, -0.05) is 23.8 Å². The van der Waals surface area contributed by atoms with E-state index in [9.17, 15) is 0 Å². The van der Waals surface area contributed by atoms with Gasteiger partial charge in [0.15, 0.2) is 0 Å². The molecule has 0 spiro atoms. The van der Waals surface area contributed by atoms with Crippen molar-refractivity contribution in [2.75, 3.05) is 13.6 Å². The molecular weight excluding hydrogens is 298 g/mol. The predicted octanol–water partition coefficient (Wildman–Crippen LogP) is 5.12. The van der Waals surface area contributed by atoms with E-state index >= 15 is 0 Å². The highest BCUT2D eigenvalue weighted by Crippen LogP contribution is 2.50. The summed E-state index contributed by atoms with van der Waals surface area (Å²) in [6.45, 7) is 1.07. The van der Waals surface area contributed by atoms with Gasteiger partial charge in [0.25, 0.3) is 0 Å². The molecule has 1 saturated carbocycles. The number of hydrogen-bond acceptors (Lipinski definition) is 2. The van der Waals surface area contributed by atoms with Crippen LogP contribution in [-0.2, 0) is 0 Å². The van der Waals surface area contributed by atoms with E-state index in [0.29, 0.717) is 0 Å². The minimum Gasteiger partial charge on any atom is -0.316 e. The van der Waals surface area contributed by atoms with Gasteiger partial charge in [-0.25, -0.2) is 0 Å². The maximum absolute atomic E-state index is 3.39. The summed E-state index contributed by atoms with van der Waals surface area (Å²) in [5.41, 5.74) is 3.37. The second kappa shape index (κ2) is 6.12. The zero-order chi connectivity index (χ0) is 13.5. The monoisotopic (exact) mass is 319 g/mol. The van der Waals surface area contributed by atoms with E-state index in [4.69, 9.17) is 0 Å². The molecule has 1 nitrogen and oxygen atoms in total. The molecule has 0 amide bonds. The summed E-state index contributed by atoms with van der Waals surface area (Å²) >= 11 is 1.99. The van der Waals surface area contributed by atoms with E-state index in [2.05, 4.69) is 42.7 Å². The Hall–Kier alpha value is -0.830. The Balaban J connectivity index is 0.00000132. The van der Waals surface area contributed by atoms with Gasteiger partial charge in [-0.15, -0.1) is 23.7 Å². The maximum Gasteiger partial charge on any atom is 0.0349 e. The summed E-state index contributed by atoms with van der Waals surface area (Å²) in [7, 11) is 2.08. The van der Waals surface area contributed by atoms with Crippen LogP contribution in [-0.4, -0.2) is 13.6 Å². The minimum atomic E-state index is 0. The molecule has 1 heterocycles. The number of hydrogen-bond donors (Lipinski definition) is 1. The number of nitrogens with one attached hydrogen (secondary N) is 1. The van der Waals surface area contributed by atoms with E-state index in [1.54, 1.807) is 11.1 Å². The van der Waals surface area contributed by atoms with Crippen LogP contribution in [0, 0.1) is 11.8 Å². The van der Waals surface area contributed by atoms with E-state index in [-0.39, 0.29) is 12.4 Å². The van der Waals surface area contributed by atoms with Gasteiger partial charge in [-0.3, -0.25) is 0 Å². The van der Waals surface area contributed by atoms with Gasteiger partial charge in [0.1, 0.15) is 0 Å². The van der Waals surface area contributed by atoms with Crippen molar-refractivity contribution in [1.29, 1.82) is 0 Å². The normalized spacial score (nSPS) is 24.4. The van der Waals surface area contributed by atoms with Gasteiger partial charge in [0, 0.05) is 16.1 Å². The fourth-order valence-electron chi connectivity index (χ4n) is 4.14. The van der Waals surface area contributed by atoms with Crippen LogP contribution >= 0.6 is 23.7 Å². The quantitative estimate of drug-likeness (QED) is 0.828. The first-order valence-electron chi connectivity index (χ1n) is 7.70. The zero-order valence-corrected chi connectivity index (χ0v) is 14.0. The molecule has 2 aromatic rings. The van der Waals surface area contributed by atoms with Crippen LogP contribution in [0.25, 0.3) is 15.7 Å². The van der Waals surface area contributed by atoms with Crippen LogP contribution in [0.15, 0.2) is 35.9 Å². The molecule has 0 radical (unpaired) electrons. The number of benzene rings is 1. The Morgan fingerprint density at radius 1 is 1.24 bits per heavy atom. The Kier molecular flexibility index (Phi) is 4.39. The summed E-state index contributed by atoms with van der Waals surface area (Å²) in [6, 6.07) is 11.2. The smallest absolute Gasteiger partial charge is 0.0349 e. The molecule has 2 aliphatic rings. The van der Waals surface area contributed by atoms with Crippen LogP contribution in [0.1, 0.15) is 30.6 Å². The lowest BCUT2D eigenvalue weighted by molar-refractivity contribution is 0.503. The summed E-state index contributed by atoms with van der Waals surface area (Å²) in [4.78, 5) is 1.53. The van der Waals surface area contributed by atoms with Gasteiger partial charge in [-0.2, -0.15) is 0 Å². The lowest BCUT2D eigenvalue weighted by Gasteiger charge is -2.26. The summed E-state index contributed by atoms with van der Waals surface area (Å²) in [5, 5.41) is 4.79. The minimum absolute atomic E-state index is 0. The second-order valence-electron chi connectivity index (χ2n) is 6.28. The first kappa shape index (κ1) is 15.1. The number of likely N-dealkylation sites (N-methyl/N-ethyl adjacent to an activating group) is 1. The molecule has 1 aromatic carbocycles. The van der Waals surface area contributed by atoms with Crippen molar-refractivity contribution < 1.29 is 0 Å². The fraction of sp³-hybridized carbons (Fsp3) is 0.444. The third-order valence-corrected chi connectivity index (χ3v) is 6.10. The van der Waals surface area contributed by atoms with Crippen LogP contribution < -0.4 is 5.32 Å². The maximum atomic E-state index is 3.39. The third-order valence-electron chi connectivity index (χ3n) is 4.95. The predicted molar refractivity (Wildman–Crippen MR) is 95.4 cm³/mol. The molecule has 112 valence electrons. The Morgan fingerprint density at radius 3 is 2.90 bits per heavy atom. The van der Waals surface area contributed by atoms with E-state index in [1.165, 1.54) is 40.6 Å². The lowest BCUT2D eigenvalue weighted by Crippen LogP contribution is -2.18. The van der Waals surface area contributed by atoms with Crippen LogP contribution in [0.4, 0.5) is 0 Å². The van der Waals surface area contributed by atoms with Crippen LogP contribution in [0.2, 0.25) is 0 Å². The first-order chi connectivity index (χ1) is 9.85. The summed E-state index contributed by atoms with van der Waals surface area (Å²) in [6.07, 6.45) is 5.59. The SMILES string of the molecule is CNCC1=C(c2cc3ccccc3s2)C2CCC(C1)C2.Cl. The Labute approximate surface area is 136 Å². The number of rotatable bonds is 3. The summed E-state index contributed by atoms with van der Waals surface area (Å²) in [5.74, 6) is 1.78. The van der Waals surface area contributed by atoms with Crippen molar-refractivity contribution in [3.63, 3.8) is 0 Å². The van der Waals surface area contributed by atoms with Crippen LogP contribution in [0.5, 0.6) is 0 Å². The van der Waals surface area contributed by atoms with Gasteiger partial charge in [0.05, 0.1) is 0 Å². The average molecular weight is 320 g/mol. The van der Waals surface area contributed by atoms with Crippen molar-refractivity contribution in [2.24, 2.45) is 11.8 Å². The average Bonchev–Trinajstić information content (AvgIpc) is 3.04. The van der Waals surface area contributed by atoms with Crippen molar-refractivity contribution >= 4 is 39.4 Å². The standard InChI is InChI=1S/C18H21NS.ClH/c1-19-11-15-9-12-6-7-14(8-12)18(15)17-10-13-4-2-3-5-16(13)20-17;/h2-5,10,12,14,19H,6-9,11H2,1H3;1H. The molecule has 1 aromatic heterocycles. The highest BCUT2D eigenvalue weighted by Gasteiger charge is 2.35. The molecule has 3 heteroatoms. The van der Waals surface area contributed by atoms with Crippen LogP contribution in [0.3, 0.4) is 0 Å². The molecule has 2 aliphatic carbocycles. The topological polar surface area (TPSA) is 12.0 Å². The van der Waals surface area contributed by atoms with Crippen molar-refractivity contribution in [3.05, 3.63) is 40.8 Å². The van der Waals surface area contributed by atoms with E-state index in [0.717, 1.165) is 18.4 Å². The van der Waals surface area contributed by atoms with Crippen molar-refractivity contribution in [3.8, 4) is 0 Å². The molecule has 0 aliphatic heterocycles. The van der Waals surface area contributed by atoms with Gasteiger partial charge in [-0.05, 0) is 67.7 Å².